The van der Waals surface area contributed by atoms with Gasteiger partial charge in [-0.2, -0.15) is 0 Å². The molecule has 1 aliphatic heterocycles. The molecular formula is C24H32N6O6. The first-order valence-electron chi connectivity index (χ1n) is 11.8. The number of rotatable bonds is 11. The lowest BCUT2D eigenvalue weighted by atomic mass is 10.0. The minimum atomic E-state index is -1.21. The summed E-state index contributed by atoms with van der Waals surface area (Å²) in [5.74, 6) is -3.57. The molecule has 4 atom stereocenters. The molecule has 0 bridgehead atoms. The highest BCUT2D eigenvalue weighted by molar-refractivity contribution is 5.95. The number of aliphatic carboxylic acids is 1. The van der Waals surface area contributed by atoms with Gasteiger partial charge in [-0.15, -0.1) is 0 Å². The number of nitrogens with two attached hydrogens (primary N) is 2. The summed E-state index contributed by atoms with van der Waals surface area (Å²) in [5.41, 5.74) is 12.4. The summed E-state index contributed by atoms with van der Waals surface area (Å²) in [4.78, 5) is 66.2. The van der Waals surface area contributed by atoms with Gasteiger partial charge in [0, 0.05) is 36.5 Å². The molecule has 1 aromatic heterocycles. The Kier molecular flexibility index (Phi) is 8.64. The SMILES string of the molecule is CC(N)C(=O)NC(CCC(N)=O)C(=O)N1CCCC1C(=O)NC(Cc1c[nH]c2ccccc12)C(=O)O. The Balaban J connectivity index is 1.73. The van der Waals surface area contributed by atoms with Crippen molar-refractivity contribution in [3.05, 3.63) is 36.0 Å². The Hall–Kier alpha value is -3.93. The van der Waals surface area contributed by atoms with E-state index in [0.717, 1.165) is 16.5 Å². The second kappa shape index (κ2) is 11.7. The molecule has 1 fully saturated rings. The molecule has 194 valence electrons. The second-order valence-electron chi connectivity index (χ2n) is 9.01. The molecule has 1 aliphatic rings. The molecule has 0 aliphatic carbocycles. The fraction of sp³-hybridized carbons (Fsp3) is 0.458. The van der Waals surface area contributed by atoms with E-state index >= 15 is 0 Å². The summed E-state index contributed by atoms with van der Waals surface area (Å²) >= 11 is 0. The summed E-state index contributed by atoms with van der Waals surface area (Å²) < 4.78 is 0. The zero-order chi connectivity index (χ0) is 26.4. The van der Waals surface area contributed by atoms with Crippen molar-refractivity contribution in [3.63, 3.8) is 0 Å². The Labute approximate surface area is 207 Å². The number of H-pyrrole nitrogens is 1. The third-order valence-corrected chi connectivity index (χ3v) is 6.26. The van der Waals surface area contributed by atoms with Crippen LogP contribution < -0.4 is 22.1 Å². The highest BCUT2D eigenvalue weighted by atomic mass is 16.4. The van der Waals surface area contributed by atoms with Crippen LogP contribution in [0.1, 0.15) is 38.2 Å². The topological polar surface area (TPSA) is 201 Å². The first-order valence-corrected chi connectivity index (χ1v) is 11.8. The number of primary amides is 1. The molecule has 0 saturated carbocycles. The van der Waals surface area contributed by atoms with Crippen LogP contribution in [0.3, 0.4) is 0 Å². The first-order chi connectivity index (χ1) is 17.1. The van der Waals surface area contributed by atoms with Gasteiger partial charge in [0.15, 0.2) is 0 Å². The number of nitrogens with one attached hydrogen (secondary N) is 3. The van der Waals surface area contributed by atoms with E-state index in [1.807, 2.05) is 24.3 Å². The van der Waals surface area contributed by atoms with Crippen LogP contribution in [0.5, 0.6) is 0 Å². The summed E-state index contributed by atoms with van der Waals surface area (Å²) in [5, 5.41) is 15.7. The van der Waals surface area contributed by atoms with Gasteiger partial charge in [-0.05, 0) is 37.8 Å². The summed E-state index contributed by atoms with van der Waals surface area (Å²) in [6.07, 6.45) is 2.43. The summed E-state index contributed by atoms with van der Waals surface area (Å²) in [7, 11) is 0. The van der Waals surface area contributed by atoms with Gasteiger partial charge in [-0.3, -0.25) is 19.2 Å². The fourth-order valence-electron chi connectivity index (χ4n) is 4.34. The molecule has 12 heteroatoms. The molecule has 4 unspecified atom stereocenters. The van der Waals surface area contributed by atoms with Crippen molar-refractivity contribution in [3.8, 4) is 0 Å². The molecule has 8 N–H and O–H groups in total. The molecule has 0 spiro atoms. The number of fused-ring (bicyclic) bond motifs is 1. The summed E-state index contributed by atoms with van der Waals surface area (Å²) in [6, 6.07) is 3.34. The van der Waals surface area contributed by atoms with Crippen LogP contribution in [0.4, 0.5) is 0 Å². The largest absolute Gasteiger partial charge is 0.480 e. The molecule has 2 aromatic rings. The van der Waals surface area contributed by atoms with Crippen molar-refractivity contribution in [1.82, 2.24) is 20.5 Å². The quantitative estimate of drug-likeness (QED) is 0.236. The second-order valence-corrected chi connectivity index (χ2v) is 9.01. The smallest absolute Gasteiger partial charge is 0.326 e. The average molecular weight is 501 g/mol. The molecule has 1 aromatic carbocycles. The van der Waals surface area contributed by atoms with E-state index in [1.165, 1.54) is 11.8 Å². The Morgan fingerprint density at radius 1 is 1.17 bits per heavy atom. The molecule has 3 rings (SSSR count). The van der Waals surface area contributed by atoms with Crippen molar-refractivity contribution in [1.29, 1.82) is 0 Å². The third-order valence-electron chi connectivity index (χ3n) is 6.26. The fourth-order valence-corrected chi connectivity index (χ4v) is 4.34. The molecule has 36 heavy (non-hydrogen) atoms. The van der Waals surface area contributed by atoms with Crippen molar-refractivity contribution >= 4 is 40.5 Å². The van der Waals surface area contributed by atoms with Gasteiger partial charge in [0.25, 0.3) is 0 Å². The third kappa shape index (κ3) is 6.39. The number of aromatic nitrogens is 1. The number of aromatic amines is 1. The van der Waals surface area contributed by atoms with Gasteiger partial charge in [0.05, 0.1) is 6.04 Å². The normalized spacial score (nSPS) is 17.8. The molecule has 12 nitrogen and oxygen atoms in total. The van der Waals surface area contributed by atoms with E-state index in [2.05, 4.69) is 15.6 Å². The van der Waals surface area contributed by atoms with Gasteiger partial charge in [-0.1, -0.05) is 18.2 Å². The molecule has 1 saturated heterocycles. The number of likely N-dealkylation sites (tertiary alicyclic amines) is 1. The Morgan fingerprint density at radius 2 is 1.89 bits per heavy atom. The Bertz CT molecular complexity index is 1150. The number of amides is 4. The number of nitrogens with zero attached hydrogens (tertiary/aromatic N) is 1. The van der Waals surface area contributed by atoms with Gasteiger partial charge < -0.3 is 37.1 Å². The van der Waals surface area contributed by atoms with Crippen molar-refractivity contribution in [2.24, 2.45) is 11.5 Å². The molecule has 2 heterocycles. The van der Waals surface area contributed by atoms with E-state index < -0.39 is 53.8 Å². The molecular weight excluding hydrogens is 468 g/mol. The highest BCUT2D eigenvalue weighted by Crippen LogP contribution is 2.22. The number of carboxylic acid groups (broad SMARTS) is 1. The number of carbonyl (C=O) groups is 5. The average Bonchev–Trinajstić information content (AvgIpc) is 3.48. The van der Waals surface area contributed by atoms with Crippen molar-refractivity contribution in [2.45, 2.75) is 63.2 Å². The lowest BCUT2D eigenvalue weighted by Crippen LogP contribution is -2.56. The van der Waals surface area contributed by atoms with Crippen LogP contribution in [-0.4, -0.2) is 75.3 Å². The number of hydrogen-bond acceptors (Lipinski definition) is 6. The maximum atomic E-state index is 13.3. The lowest BCUT2D eigenvalue weighted by molar-refractivity contribution is -0.145. The number of carbonyl (C=O) groups excluding carboxylic acids is 4. The van der Waals surface area contributed by atoms with Crippen molar-refractivity contribution < 1.29 is 29.1 Å². The van der Waals surface area contributed by atoms with E-state index in [1.54, 1.807) is 6.20 Å². The molecule has 4 amide bonds. The summed E-state index contributed by atoms with van der Waals surface area (Å²) in [6.45, 7) is 1.70. The zero-order valence-electron chi connectivity index (χ0n) is 20.0. The van der Waals surface area contributed by atoms with Crippen LogP contribution in [0.2, 0.25) is 0 Å². The van der Waals surface area contributed by atoms with E-state index in [-0.39, 0.29) is 25.8 Å². The van der Waals surface area contributed by atoms with Crippen LogP contribution >= 0.6 is 0 Å². The van der Waals surface area contributed by atoms with E-state index in [0.29, 0.717) is 12.8 Å². The maximum absolute atomic E-state index is 13.3. The van der Waals surface area contributed by atoms with Crippen LogP contribution in [-0.2, 0) is 30.4 Å². The van der Waals surface area contributed by atoms with Gasteiger partial charge >= 0.3 is 5.97 Å². The standard InChI is InChI=1S/C24H32N6O6/c1-13(25)21(32)28-17(8-9-20(26)31)23(34)30-10-4-7-19(30)22(33)29-18(24(35)36)11-14-12-27-16-6-3-2-5-15(14)16/h2-3,5-6,12-13,17-19,27H,4,7-11,25H2,1H3,(H2,26,31)(H,28,32)(H,29,33)(H,35,36). The predicted molar refractivity (Wildman–Crippen MR) is 130 cm³/mol. The minimum Gasteiger partial charge on any atom is -0.480 e. The number of carboxylic acids is 1. The van der Waals surface area contributed by atoms with Crippen LogP contribution in [0, 0.1) is 0 Å². The number of para-hydroxylation sites is 1. The monoisotopic (exact) mass is 500 g/mol. The first kappa shape index (κ1) is 26.7. The highest BCUT2D eigenvalue weighted by Gasteiger charge is 2.39. The van der Waals surface area contributed by atoms with Gasteiger partial charge in [0.1, 0.15) is 18.1 Å². The maximum Gasteiger partial charge on any atom is 0.326 e. The van der Waals surface area contributed by atoms with Crippen molar-refractivity contribution in [2.75, 3.05) is 6.54 Å². The predicted octanol–water partition coefficient (Wildman–Crippen LogP) is -0.632. The molecule has 0 radical (unpaired) electrons. The van der Waals surface area contributed by atoms with Crippen LogP contribution in [0.15, 0.2) is 30.5 Å². The van der Waals surface area contributed by atoms with E-state index in [4.69, 9.17) is 11.5 Å². The van der Waals surface area contributed by atoms with Crippen LogP contribution in [0.25, 0.3) is 10.9 Å². The van der Waals surface area contributed by atoms with Gasteiger partial charge in [-0.25, -0.2) is 4.79 Å². The number of benzene rings is 1. The Morgan fingerprint density at radius 3 is 2.56 bits per heavy atom. The van der Waals surface area contributed by atoms with E-state index in [9.17, 15) is 29.1 Å². The minimum absolute atomic E-state index is 0.0459. The zero-order valence-corrected chi connectivity index (χ0v) is 20.0. The number of hydrogen-bond donors (Lipinski definition) is 6. The van der Waals surface area contributed by atoms with Gasteiger partial charge in [0.2, 0.25) is 23.6 Å². The lowest BCUT2D eigenvalue weighted by Gasteiger charge is -2.29.